The first-order valence-corrected chi connectivity index (χ1v) is 19.7. The Labute approximate surface area is 326 Å². The number of hydrogen-bond donors (Lipinski definition) is 1. The number of allylic oxidation sites excluding steroid dienone is 2. The molecule has 6 atom stereocenters. The lowest BCUT2D eigenvalue weighted by atomic mass is 9.51. The van der Waals surface area contributed by atoms with Crippen molar-refractivity contribution in [1.29, 1.82) is 0 Å². The van der Waals surface area contributed by atoms with Gasteiger partial charge in [0.15, 0.2) is 0 Å². The number of anilines is 2. The van der Waals surface area contributed by atoms with Crippen LogP contribution in [-0.2, 0) is 32.6 Å². The monoisotopic (exact) mass is 774 g/mol. The lowest BCUT2D eigenvalue weighted by molar-refractivity contribution is -0.131. The molecule has 3 fully saturated rings. The fraction of sp³-hybridized carbons (Fsp3) is 0.326. The van der Waals surface area contributed by atoms with Gasteiger partial charge in [0.05, 0.1) is 40.8 Å². The number of imide groups is 2. The van der Waals surface area contributed by atoms with Crippen LogP contribution in [0, 0.1) is 36.0 Å². The molecule has 4 amide bonds. The topological polar surface area (TPSA) is 122 Å². The largest absolute Gasteiger partial charge is 0.508 e. The van der Waals surface area contributed by atoms with Gasteiger partial charge < -0.3 is 9.84 Å². The van der Waals surface area contributed by atoms with Crippen LogP contribution in [0.2, 0.25) is 5.02 Å². The number of halogens is 1. The van der Waals surface area contributed by atoms with E-state index in [2.05, 4.69) is 0 Å². The summed E-state index contributed by atoms with van der Waals surface area (Å²) in [5.74, 6) is -3.95. The molecule has 2 saturated heterocycles. The molecule has 9 rings (SSSR count). The number of aryl methyl sites for hydroxylation is 3. The van der Waals surface area contributed by atoms with Crippen molar-refractivity contribution in [2.24, 2.45) is 36.1 Å². The Hall–Kier alpha value is -5.26. The molecule has 6 unspecified atom stereocenters. The lowest BCUT2D eigenvalue weighted by Crippen LogP contribution is -2.49. The Kier molecular flexibility index (Phi) is 8.15. The van der Waals surface area contributed by atoms with Crippen LogP contribution in [0.4, 0.5) is 11.5 Å². The van der Waals surface area contributed by atoms with E-state index in [0.29, 0.717) is 40.0 Å². The SMILES string of the molecule is CCc1ccc(N2C(=O)C3CC=C4C(CC5C(=O)N(c6cc(-c7sc8ccc(Cl)cc8c7C)nn6C)C(=O)C5(C)C4c4ccc(O)cc4OC)C3C2=O)cc1. The molecule has 1 N–H and O–H groups in total. The minimum absolute atomic E-state index is 0.00896. The average molecular weight is 775 g/mol. The van der Waals surface area contributed by atoms with E-state index in [1.165, 1.54) is 23.0 Å². The number of rotatable bonds is 6. The highest BCUT2D eigenvalue weighted by Gasteiger charge is 2.68. The van der Waals surface area contributed by atoms with Gasteiger partial charge in [0, 0.05) is 40.4 Å². The third-order valence-electron chi connectivity index (χ3n) is 12.6. The number of fused-ring (bicyclic) bond motifs is 5. The summed E-state index contributed by atoms with van der Waals surface area (Å²) >= 11 is 7.89. The molecule has 55 heavy (non-hydrogen) atoms. The van der Waals surface area contributed by atoms with Crippen molar-refractivity contribution >= 4 is 68.2 Å². The Morgan fingerprint density at radius 2 is 1.73 bits per heavy atom. The van der Waals surface area contributed by atoms with Crippen molar-refractivity contribution in [3.05, 3.63) is 100 Å². The van der Waals surface area contributed by atoms with Gasteiger partial charge in [0.1, 0.15) is 23.0 Å². The molecule has 2 aromatic heterocycles. The number of carbonyl (C=O) groups is 4. The molecular weight excluding hydrogens is 736 g/mol. The highest BCUT2D eigenvalue weighted by Crippen LogP contribution is 2.64. The summed E-state index contributed by atoms with van der Waals surface area (Å²) in [4.78, 5) is 62.2. The number of ether oxygens (including phenoxy) is 1. The van der Waals surface area contributed by atoms with Gasteiger partial charge in [-0.15, -0.1) is 11.3 Å². The van der Waals surface area contributed by atoms with Crippen LogP contribution in [-0.4, -0.2) is 45.6 Å². The van der Waals surface area contributed by atoms with Gasteiger partial charge in [-0.1, -0.05) is 48.4 Å². The van der Waals surface area contributed by atoms with Crippen molar-refractivity contribution in [3.8, 4) is 22.1 Å². The van der Waals surface area contributed by atoms with Crippen molar-refractivity contribution in [3.63, 3.8) is 0 Å². The number of aromatic hydroxyl groups is 1. The number of methoxy groups -OCH3 is 1. The van der Waals surface area contributed by atoms with Crippen LogP contribution in [0.5, 0.6) is 11.5 Å². The second kappa shape index (κ2) is 12.6. The number of carbonyl (C=O) groups excluding carboxylic acids is 4. The summed E-state index contributed by atoms with van der Waals surface area (Å²) in [6.45, 7) is 5.89. The molecule has 5 aromatic rings. The quantitative estimate of drug-likeness (QED) is 0.137. The van der Waals surface area contributed by atoms with Gasteiger partial charge in [0.25, 0.3) is 0 Å². The Morgan fingerprint density at radius 3 is 2.45 bits per heavy atom. The second-order valence-electron chi connectivity index (χ2n) is 15.3. The second-order valence-corrected chi connectivity index (χ2v) is 16.8. The molecule has 1 saturated carbocycles. The van der Waals surface area contributed by atoms with Crippen LogP contribution in [0.1, 0.15) is 49.3 Å². The molecule has 2 aliphatic heterocycles. The molecule has 4 aliphatic rings. The van der Waals surface area contributed by atoms with Gasteiger partial charge in [-0.3, -0.25) is 28.8 Å². The minimum Gasteiger partial charge on any atom is -0.508 e. The van der Waals surface area contributed by atoms with E-state index in [1.54, 1.807) is 41.3 Å². The van der Waals surface area contributed by atoms with Gasteiger partial charge in [0.2, 0.25) is 23.6 Å². The van der Waals surface area contributed by atoms with Crippen LogP contribution >= 0.6 is 22.9 Å². The van der Waals surface area contributed by atoms with Crippen LogP contribution in [0.3, 0.4) is 0 Å². The van der Waals surface area contributed by atoms with Crippen LogP contribution < -0.4 is 14.5 Å². The van der Waals surface area contributed by atoms with Crippen LogP contribution in [0.25, 0.3) is 20.7 Å². The fourth-order valence-electron chi connectivity index (χ4n) is 9.87. The first-order chi connectivity index (χ1) is 26.4. The number of phenolic OH excluding ortho intramolecular Hbond substituents is 1. The molecular formula is C43H39ClN4O6S. The summed E-state index contributed by atoms with van der Waals surface area (Å²) in [5, 5.41) is 16.9. The summed E-state index contributed by atoms with van der Waals surface area (Å²) in [5.41, 5.74) is 3.42. The predicted octanol–water partition coefficient (Wildman–Crippen LogP) is 7.98. The summed E-state index contributed by atoms with van der Waals surface area (Å²) in [6.07, 6.45) is 3.37. The maximum Gasteiger partial charge on any atom is 0.242 e. The number of aromatic nitrogens is 2. The highest BCUT2D eigenvalue weighted by molar-refractivity contribution is 7.22. The Bertz CT molecular complexity index is 2520. The first kappa shape index (κ1) is 35.4. The molecule has 0 spiro atoms. The van der Waals surface area contributed by atoms with Crippen molar-refractivity contribution in [1.82, 2.24) is 9.78 Å². The zero-order chi connectivity index (χ0) is 38.7. The van der Waals surface area contributed by atoms with Crippen molar-refractivity contribution in [2.75, 3.05) is 16.9 Å². The molecule has 12 heteroatoms. The summed E-state index contributed by atoms with van der Waals surface area (Å²) in [6, 6.07) is 19.8. The molecule has 4 heterocycles. The third-order valence-corrected chi connectivity index (χ3v) is 14.2. The number of amides is 4. The fourth-order valence-corrected chi connectivity index (χ4v) is 11.2. The van der Waals surface area contributed by atoms with E-state index in [0.717, 1.165) is 38.1 Å². The van der Waals surface area contributed by atoms with Gasteiger partial charge >= 0.3 is 0 Å². The lowest BCUT2D eigenvalue weighted by Gasteiger charge is -2.49. The predicted molar refractivity (Wildman–Crippen MR) is 211 cm³/mol. The van der Waals surface area contributed by atoms with E-state index >= 15 is 4.79 Å². The molecule has 3 aromatic carbocycles. The number of nitrogens with zero attached hydrogens (tertiary/aromatic N) is 4. The standard InChI is InChI=1S/C43H39ClN4O6S/c1-6-22-7-10-24(11-8-22)47-39(50)28-15-14-26-30(36(28)41(47)52)19-31-40(51)48(42(53)43(31,3)37(26)27-13-12-25(49)18-33(27)54-5)35-20-32(45-46(35)4)38-21(2)29-17-23(44)9-16-34(29)55-38/h7-14,16-18,20,28,30-31,36-37,49H,6,15,19H2,1-5H3. The molecule has 280 valence electrons. The zero-order valence-electron chi connectivity index (χ0n) is 31.0. The zero-order valence-corrected chi connectivity index (χ0v) is 32.6. The minimum atomic E-state index is -1.30. The van der Waals surface area contributed by atoms with Crippen molar-refractivity contribution in [2.45, 2.75) is 46.0 Å². The third kappa shape index (κ3) is 5.01. The number of hydrogen-bond acceptors (Lipinski definition) is 8. The maximum absolute atomic E-state index is 15.2. The Balaban J connectivity index is 1.16. The first-order valence-electron chi connectivity index (χ1n) is 18.5. The summed E-state index contributed by atoms with van der Waals surface area (Å²) in [7, 11) is 3.22. The number of phenols is 1. The number of benzene rings is 3. The van der Waals surface area contributed by atoms with Gasteiger partial charge in [-0.25, -0.2) is 4.90 Å². The molecule has 0 radical (unpaired) electrons. The van der Waals surface area contributed by atoms with E-state index < -0.39 is 35.0 Å². The maximum atomic E-state index is 15.2. The van der Waals surface area contributed by atoms with E-state index in [4.69, 9.17) is 21.4 Å². The average Bonchev–Trinajstić information content (AvgIpc) is 3.85. The van der Waals surface area contributed by atoms with E-state index in [-0.39, 0.29) is 35.8 Å². The smallest absolute Gasteiger partial charge is 0.242 e. The number of thiophene rings is 1. The molecule has 10 nitrogen and oxygen atoms in total. The molecule has 0 bridgehead atoms. The van der Waals surface area contributed by atoms with Crippen LogP contribution in [0.15, 0.2) is 78.4 Å². The normalized spacial score (nSPS) is 26.1. The molecule has 2 aliphatic carbocycles. The van der Waals surface area contributed by atoms with E-state index in [9.17, 15) is 19.5 Å². The Morgan fingerprint density at radius 1 is 0.964 bits per heavy atom. The summed E-state index contributed by atoms with van der Waals surface area (Å²) < 4.78 is 8.43. The highest BCUT2D eigenvalue weighted by atomic mass is 35.5. The van der Waals surface area contributed by atoms with Crippen molar-refractivity contribution < 1.29 is 29.0 Å². The van der Waals surface area contributed by atoms with E-state index in [1.807, 2.05) is 69.3 Å². The van der Waals surface area contributed by atoms with Gasteiger partial charge in [-0.2, -0.15) is 5.10 Å². The van der Waals surface area contributed by atoms with Gasteiger partial charge in [-0.05, 0) is 91.9 Å².